The molecule has 9 heteroatoms. The monoisotopic (exact) mass is 610 g/mol. The Morgan fingerprint density at radius 1 is 0.952 bits per heavy atom. The number of esters is 1. The second kappa shape index (κ2) is 13.0. The van der Waals surface area contributed by atoms with Gasteiger partial charge in [-0.2, -0.15) is 0 Å². The molecule has 1 aromatic heterocycles. The molecule has 4 heterocycles. The van der Waals surface area contributed by atoms with Gasteiger partial charge >= 0.3 is 5.97 Å². The lowest BCUT2D eigenvalue weighted by atomic mass is 9.78. The van der Waals surface area contributed by atoms with Crippen molar-refractivity contribution in [1.29, 1.82) is 0 Å². The molecule has 42 heavy (non-hydrogen) atoms. The van der Waals surface area contributed by atoms with Gasteiger partial charge in [-0.25, -0.2) is 4.79 Å². The third kappa shape index (κ3) is 6.26. The highest BCUT2D eigenvalue weighted by Crippen LogP contribution is 2.43. The molecule has 0 saturated carbocycles. The van der Waals surface area contributed by atoms with E-state index in [1.807, 2.05) is 24.3 Å². The number of methoxy groups -OCH3 is 1. The number of rotatable bonds is 5. The fourth-order valence-electron chi connectivity index (χ4n) is 7.56. The zero-order chi connectivity index (χ0) is 29.2. The van der Waals surface area contributed by atoms with Gasteiger partial charge in [0, 0.05) is 36.3 Å². The van der Waals surface area contributed by atoms with E-state index in [-0.39, 0.29) is 6.04 Å². The van der Waals surface area contributed by atoms with Gasteiger partial charge in [-0.15, -0.1) is 0 Å². The average molecular weight is 612 g/mol. The molecule has 4 aliphatic rings. The molecule has 3 aliphatic heterocycles. The number of nitrogens with zero attached hydrogens (tertiary/aromatic N) is 3. The molecular weight excluding hydrogens is 571 g/mol. The van der Waals surface area contributed by atoms with E-state index in [1.54, 1.807) is 6.20 Å². The third-order valence-corrected chi connectivity index (χ3v) is 10.3. The van der Waals surface area contributed by atoms with E-state index in [1.165, 1.54) is 7.11 Å². The van der Waals surface area contributed by atoms with Gasteiger partial charge in [0.15, 0.2) is 0 Å². The highest BCUT2D eigenvalue weighted by atomic mass is 35.5. The Hall–Kier alpha value is -2.45. The zero-order valence-electron chi connectivity index (χ0n) is 24.3. The largest absolute Gasteiger partial charge is 0.465 e. The Morgan fingerprint density at radius 2 is 1.64 bits per heavy atom. The first-order chi connectivity index (χ1) is 20.4. The second-order valence-electron chi connectivity index (χ2n) is 12.3. The van der Waals surface area contributed by atoms with Gasteiger partial charge in [-0.3, -0.25) is 14.7 Å². The summed E-state index contributed by atoms with van der Waals surface area (Å²) in [5, 5.41) is 4.49. The van der Waals surface area contributed by atoms with Crippen LogP contribution in [0, 0.1) is 17.8 Å². The van der Waals surface area contributed by atoms with Gasteiger partial charge in [0.2, 0.25) is 5.91 Å². The number of piperidine rings is 3. The van der Waals surface area contributed by atoms with Crippen molar-refractivity contribution in [2.75, 3.05) is 46.4 Å². The lowest BCUT2D eigenvalue weighted by molar-refractivity contribution is -0.134. The summed E-state index contributed by atoms with van der Waals surface area (Å²) < 4.78 is 5.16. The van der Waals surface area contributed by atoms with Gasteiger partial charge in [0.25, 0.3) is 0 Å². The van der Waals surface area contributed by atoms with E-state index >= 15 is 0 Å². The fourth-order valence-corrected chi connectivity index (χ4v) is 7.90. The van der Waals surface area contributed by atoms with E-state index in [0.29, 0.717) is 51.3 Å². The third-order valence-electron chi connectivity index (χ3n) is 9.90. The first-order valence-electron chi connectivity index (χ1n) is 15.4. The summed E-state index contributed by atoms with van der Waals surface area (Å²) in [5.74, 6) is 1.78. The number of carbonyl (C=O) groups excluding carboxylic acids is 2. The fraction of sp³-hybridized carbons (Fsp3) is 0.545. The zero-order valence-corrected chi connectivity index (χ0v) is 25.8. The molecule has 6 rings (SSSR count). The molecule has 224 valence electrons. The molecular formula is C33H40Cl2N4O3. The van der Waals surface area contributed by atoms with Crippen LogP contribution in [0.25, 0.3) is 11.6 Å². The Balaban J connectivity index is 1.15. The minimum atomic E-state index is -0.425. The number of hydrogen-bond acceptors (Lipinski definition) is 6. The molecule has 2 aromatic rings. The minimum absolute atomic E-state index is 0.127. The molecule has 1 atom stereocenters. The van der Waals surface area contributed by atoms with Crippen LogP contribution in [0.3, 0.4) is 0 Å². The molecule has 7 nitrogen and oxygen atoms in total. The van der Waals surface area contributed by atoms with E-state index in [4.69, 9.17) is 32.9 Å². The van der Waals surface area contributed by atoms with Crippen LogP contribution in [0.1, 0.15) is 73.4 Å². The number of ether oxygens (including phenoxy) is 1. The number of hydrogen-bond donors (Lipinski definition) is 1. The normalized spacial score (nSPS) is 22.6. The van der Waals surface area contributed by atoms with Gasteiger partial charge in [0.1, 0.15) is 0 Å². The lowest BCUT2D eigenvalue weighted by Crippen LogP contribution is -2.44. The number of halogens is 2. The second-order valence-corrected chi connectivity index (χ2v) is 13.2. The Morgan fingerprint density at radius 3 is 2.33 bits per heavy atom. The summed E-state index contributed by atoms with van der Waals surface area (Å²) >= 11 is 12.8. The topological polar surface area (TPSA) is 74.8 Å². The molecule has 1 N–H and O–H groups in total. The summed E-state index contributed by atoms with van der Waals surface area (Å²) in [4.78, 5) is 35.3. The molecule has 1 amide bonds. The van der Waals surface area contributed by atoms with Crippen LogP contribution in [0.5, 0.6) is 0 Å². The van der Waals surface area contributed by atoms with Crippen molar-refractivity contribution in [2.24, 2.45) is 17.8 Å². The van der Waals surface area contributed by atoms with Crippen LogP contribution < -0.4 is 5.32 Å². The van der Waals surface area contributed by atoms with Crippen LogP contribution >= 0.6 is 23.2 Å². The van der Waals surface area contributed by atoms with E-state index in [0.717, 1.165) is 94.6 Å². The summed E-state index contributed by atoms with van der Waals surface area (Å²) in [6.07, 6.45) is 10.9. The van der Waals surface area contributed by atoms with Crippen LogP contribution in [0.2, 0.25) is 10.0 Å². The van der Waals surface area contributed by atoms with Crippen molar-refractivity contribution in [3.63, 3.8) is 0 Å². The number of carbonyl (C=O) groups is 2. The van der Waals surface area contributed by atoms with Gasteiger partial charge in [-0.05, 0) is 118 Å². The van der Waals surface area contributed by atoms with Crippen molar-refractivity contribution in [3.05, 3.63) is 62.9 Å². The maximum Gasteiger partial charge on any atom is 0.338 e. The molecule has 3 fully saturated rings. The number of benzene rings is 1. The molecule has 0 spiro atoms. The number of nitrogens with one attached hydrogen (secondary N) is 1. The van der Waals surface area contributed by atoms with Crippen molar-refractivity contribution in [1.82, 2.24) is 20.1 Å². The Bertz CT molecular complexity index is 1340. The van der Waals surface area contributed by atoms with Gasteiger partial charge in [-0.1, -0.05) is 29.3 Å². The van der Waals surface area contributed by atoms with Crippen LogP contribution in [-0.4, -0.2) is 73.0 Å². The van der Waals surface area contributed by atoms with Crippen LogP contribution in [0.4, 0.5) is 0 Å². The number of aromatic nitrogens is 1. The minimum Gasteiger partial charge on any atom is -0.465 e. The summed E-state index contributed by atoms with van der Waals surface area (Å²) in [6, 6.07) is 7.57. The van der Waals surface area contributed by atoms with E-state index in [9.17, 15) is 9.59 Å². The summed E-state index contributed by atoms with van der Waals surface area (Å²) in [6.45, 7) is 5.73. The Labute approximate surface area is 258 Å². The molecule has 0 radical (unpaired) electrons. The predicted octanol–water partition coefficient (Wildman–Crippen LogP) is 5.85. The number of amides is 1. The van der Waals surface area contributed by atoms with Crippen molar-refractivity contribution >= 4 is 46.7 Å². The first-order valence-corrected chi connectivity index (χ1v) is 16.1. The standard InChI is InChI=1S/C33H40Cl2N4O3/c1-42-33(41)29-18-24-17-25(34)2-3-27(24)32(31-28(29)19-26(35)20-37-31)39-14-8-23(9-15-39)22-6-12-38(13-7-22)30(40)16-21-4-10-36-11-5-21/h2-3,17-23,32,36H,4-16H2,1H3. The smallest absolute Gasteiger partial charge is 0.338 e. The molecule has 0 bridgehead atoms. The average Bonchev–Trinajstić information content (AvgIpc) is 3.15. The van der Waals surface area contributed by atoms with E-state index in [2.05, 4.69) is 21.2 Å². The van der Waals surface area contributed by atoms with Gasteiger partial charge < -0.3 is 15.0 Å². The van der Waals surface area contributed by atoms with Crippen molar-refractivity contribution < 1.29 is 14.3 Å². The quantitative estimate of drug-likeness (QED) is 0.428. The van der Waals surface area contributed by atoms with Crippen molar-refractivity contribution in [3.8, 4) is 0 Å². The highest BCUT2D eigenvalue weighted by Gasteiger charge is 2.37. The highest BCUT2D eigenvalue weighted by molar-refractivity contribution is 6.32. The predicted molar refractivity (Wildman–Crippen MR) is 166 cm³/mol. The van der Waals surface area contributed by atoms with Crippen molar-refractivity contribution in [2.45, 2.75) is 51.0 Å². The maximum atomic E-state index is 13.0. The number of pyridine rings is 1. The SMILES string of the molecule is COC(=O)C1=Cc2cc(Cl)ccc2C(N2CCC(C3CCN(C(=O)CC4CCNCC4)CC3)CC2)c2ncc(Cl)cc21. The Kier molecular flexibility index (Phi) is 9.20. The summed E-state index contributed by atoms with van der Waals surface area (Å²) in [7, 11) is 1.39. The molecule has 1 aromatic carbocycles. The van der Waals surface area contributed by atoms with Gasteiger partial charge in [0.05, 0.1) is 29.4 Å². The molecule has 1 unspecified atom stereocenters. The lowest BCUT2D eigenvalue weighted by Gasteiger charge is -2.43. The van der Waals surface area contributed by atoms with Crippen LogP contribution in [0.15, 0.2) is 30.5 Å². The van der Waals surface area contributed by atoms with E-state index < -0.39 is 5.97 Å². The van der Waals surface area contributed by atoms with Crippen LogP contribution in [-0.2, 0) is 14.3 Å². The molecule has 1 aliphatic carbocycles. The summed E-state index contributed by atoms with van der Waals surface area (Å²) in [5.41, 5.74) is 3.93. The maximum absolute atomic E-state index is 13.0. The molecule has 3 saturated heterocycles. The number of likely N-dealkylation sites (tertiary alicyclic amines) is 2. The number of fused-ring (bicyclic) bond motifs is 2. The first kappa shape index (κ1) is 29.6.